The monoisotopic (exact) mass is 300 g/mol. The molecule has 0 aliphatic rings. The van der Waals surface area contributed by atoms with Crippen molar-refractivity contribution in [2.75, 3.05) is 23.7 Å². The summed E-state index contributed by atoms with van der Waals surface area (Å²) in [4.78, 5) is 4.19. The summed E-state index contributed by atoms with van der Waals surface area (Å²) in [5.41, 5.74) is 3.53. The van der Waals surface area contributed by atoms with Gasteiger partial charge in [0.15, 0.2) is 5.11 Å². The first-order valence-electron chi connectivity index (χ1n) is 6.92. The van der Waals surface area contributed by atoms with E-state index in [-0.39, 0.29) is 0 Å². The third-order valence-corrected chi connectivity index (χ3v) is 3.39. The van der Waals surface area contributed by atoms with Gasteiger partial charge in [-0.1, -0.05) is 12.1 Å². The van der Waals surface area contributed by atoms with Gasteiger partial charge >= 0.3 is 0 Å². The zero-order chi connectivity index (χ0) is 15.1. The topological polar surface area (TPSA) is 49.0 Å². The van der Waals surface area contributed by atoms with Crippen LogP contribution in [0.5, 0.6) is 0 Å². The first kappa shape index (κ1) is 15.3. The summed E-state index contributed by atoms with van der Waals surface area (Å²) in [6.45, 7) is 5.67. The Bertz CT molecular complexity index is 598. The Morgan fingerprint density at radius 1 is 1.10 bits per heavy atom. The number of benzene rings is 1. The molecule has 0 aliphatic carbocycles. The minimum Gasteiger partial charge on any atom is -0.368 e. The molecule has 1 aromatic carbocycles. The number of aromatic nitrogens is 1. The lowest BCUT2D eigenvalue weighted by Gasteiger charge is -2.12. The van der Waals surface area contributed by atoms with Crippen LogP contribution in [0.2, 0.25) is 0 Å². The average molecular weight is 300 g/mol. The molecule has 0 saturated heterocycles. The van der Waals surface area contributed by atoms with E-state index in [1.165, 1.54) is 11.1 Å². The lowest BCUT2D eigenvalue weighted by molar-refractivity contribution is 0.910. The second-order valence-corrected chi connectivity index (χ2v) is 5.23. The highest BCUT2D eigenvalue weighted by molar-refractivity contribution is 7.80. The van der Waals surface area contributed by atoms with Gasteiger partial charge in [0.05, 0.1) is 0 Å². The van der Waals surface area contributed by atoms with Crippen molar-refractivity contribution >= 4 is 28.8 Å². The van der Waals surface area contributed by atoms with Crippen LogP contribution in [0, 0.1) is 13.8 Å². The molecular weight excluding hydrogens is 280 g/mol. The van der Waals surface area contributed by atoms with Crippen molar-refractivity contribution in [1.29, 1.82) is 0 Å². The molecular formula is C16H20N4S. The molecule has 4 nitrogen and oxygen atoms in total. The van der Waals surface area contributed by atoms with Crippen LogP contribution < -0.4 is 16.0 Å². The summed E-state index contributed by atoms with van der Waals surface area (Å²) in [7, 11) is 0. The molecule has 0 aliphatic heterocycles. The number of nitrogens with one attached hydrogen (secondary N) is 3. The van der Waals surface area contributed by atoms with Gasteiger partial charge in [0.25, 0.3) is 0 Å². The van der Waals surface area contributed by atoms with Gasteiger partial charge in [-0.3, -0.25) is 0 Å². The van der Waals surface area contributed by atoms with Crippen LogP contribution in [0.4, 0.5) is 11.5 Å². The van der Waals surface area contributed by atoms with Gasteiger partial charge in [0.2, 0.25) is 0 Å². The third kappa shape index (κ3) is 5.04. The van der Waals surface area contributed by atoms with Crippen molar-refractivity contribution in [1.82, 2.24) is 10.3 Å². The number of anilines is 2. The molecule has 2 rings (SSSR count). The van der Waals surface area contributed by atoms with Crippen LogP contribution in [0.25, 0.3) is 0 Å². The van der Waals surface area contributed by atoms with E-state index in [1.54, 1.807) is 6.20 Å². The zero-order valence-corrected chi connectivity index (χ0v) is 13.1. The van der Waals surface area contributed by atoms with E-state index in [2.05, 4.69) is 46.9 Å². The maximum absolute atomic E-state index is 5.28. The molecule has 5 heteroatoms. The minimum atomic E-state index is 0.626. The molecule has 0 unspecified atom stereocenters. The fourth-order valence-corrected chi connectivity index (χ4v) is 2.05. The van der Waals surface area contributed by atoms with Crippen molar-refractivity contribution < 1.29 is 0 Å². The summed E-state index contributed by atoms with van der Waals surface area (Å²) in [6.07, 6.45) is 1.77. The molecule has 0 amide bonds. The van der Waals surface area contributed by atoms with Crippen molar-refractivity contribution in [2.24, 2.45) is 0 Å². The summed E-state index contributed by atoms with van der Waals surface area (Å²) >= 11 is 5.28. The highest BCUT2D eigenvalue weighted by Gasteiger charge is 1.99. The smallest absolute Gasteiger partial charge is 0.170 e. The van der Waals surface area contributed by atoms with Crippen molar-refractivity contribution in [2.45, 2.75) is 13.8 Å². The minimum absolute atomic E-state index is 0.626. The Balaban J connectivity index is 1.71. The van der Waals surface area contributed by atoms with Crippen LogP contribution >= 0.6 is 12.2 Å². The quantitative estimate of drug-likeness (QED) is 0.585. The molecule has 0 bridgehead atoms. The van der Waals surface area contributed by atoms with E-state index >= 15 is 0 Å². The van der Waals surface area contributed by atoms with Gasteiger partial charge in [-0.25, -0.2) is 4.98 Å². The largest absolute Gasteiger partial charge is 0.368 e. The fraction of sp³-hybridized carbons (Fsp3) is 0.250. The maximum atomic E-state index is 5.28. The van der Waals surface area contributed by atoms with Crippen LogP contribution in [0.3, 0.4) is 0 Å². The van der Waals surface area contributed by atoms with Crippen LogP contribution in [-0.4, -0.2) is 23.2 Å². The van der Waals surface area contributed by atoms with Gasteiger partial charge in [-0.2, -0.15) is 0 Å². The van der Waals surface area contributed by atoms with Gasteiger partial charge < -0.3 is 16.0 Å². The first-order chi connectivity index (χ1) is 10.1. The van der Waals surface area contributed by atoms with Crippen molar-refractivity contribution in [3.8, 4) is 0 Å². The third-order valence-electron chi connectivity index (χ3n) is 3.15. The molecule has 110 valence electrons. The maximum Gasteiger partial charge on any atom is 0.170 e. The Morgan fingerprint density at radius 2 is 1.95 bits per heavy atom. The van der Waals surface area contributed by atoms with Gasteiger partial charge in [0.1, 0.15) is 5.82 Å². The van der Waals surface area contributed by atoms with Gasteiger partial charge in [-0.05, 0) is 61.5 Å². The second-order valence-electron chi connectivity index (χ2n) is 4.82. The molecule has 2 aromatic rings. The highest BCUT2D eigenvalue weighted by atomic mass is 32.1. The average Bonchev–Trinajstić information content (AvgIpc) is 2.49. The predicted molar refractivity (Wildman–Crippen MR) is 92.9 cm³/mol. The van der Waals surface area contributed by atoms with E-state index in [0.717, 1.165) is 24.6 Å². The van der Waals surface area contributed by atoms with E-state index in [0.29, 0.717) is 5.11 Å². The van der Waals surface area contributed by atoms with Crippen LogP contribution in [0.15, 0.2) is 42.6 Å². The van der Waals surface area contributed by atoms with Gasteiger partial charge in [-0.15, -0.1) is 0 Å². The summed E-state index contributed by atoms with van der Waals surface area (Å²) in [5, 5.41) is 10.2. The number of pyridine rings is 1. The second kappa shape index (κ2) is 7.59. The molecule has 0 atom stereocenters. The molecule has 1 heterocycles. The van der Waals surface area contributed by atoms with Crippen molar-refractivity contribution in [3.63, 3.8) is 0 Å². The number of rotatable bonds is 5. The Kier molecular flexibility index (Phi) is 5.51. The van der Waals surface area contributed by atoms with Crippen LogP contribution in [-0.2, 0) is 0 Å². The van der Waals surface area contributed by atoms with E-state index in [1.807, 2.05) is 24.3 Å². The van der Waals surface area contributed by atoms with E-state index in [4.69, 9.17) is 12.2 Å². The Labute approximate surface area is 131 Å². The normalized spacial score (nSPS) is 10.0. The molecule has 0 spiro atoms. The van der Waals surface area contributed by atoms with Crippen LogP contribution in [0.1, 0.15) is 11.1 Å². The highest BCUT2D eigenvalue weighted by Crippen LogP contribution is 2.13. The molecule has 1 aromatic heterocycles. The summed E-state index contributed by atoms with van der Waals surface area (Å²) in [6, 6.07) is 12.0. The molecule has 21 heavy (non-hydrogen) atoms. The number of hydrogen-bond acceptors (Lipinski definition) is 3. The summed E-state index contributed by atoms with van der Waals surface area (Å²) in [5.74, 6) is 0.868. The van der Waals surface area contributed by atoms with E-state index in [9.17, 15) is 0 Å². The van der Waals surface area contributed by atoms with E-state index < -0.39 is 0 Å². The number of nitrogens with zero attached hydrogens (tertiary/aromatic N) is 1. The Hall–Kier alpha value is -2.14. The van der Waals surface area contributed by atoms with Gasteiger partial charge in [0, 0.05) is 25.0 Å². The molecule has 0 fully saturated rings. The summed E-state index contributed by atoms with van der Waals surface area (Å²) < 4.78 is 0. The number of hydrogen-bond donors (Lipinski definition) is 3. The molecule has 0 radical (unpaired) electrons. The lowest BCUT2D eigenvalue weighted by atomic mass is 10.1. The molecule has 0 saturated carbocycles. The SMILES string of the molecule is Cc1ccc(NC(=S)NCCNc2ccccn2)cc1C. The number of thiocarbonyl (C=S) groups is 1. The lowest BCUT2D eigenvalue weighted by Crippen LogP contribution is -2.32. The zero-order valence-electron chi connectivity index (χ0n) is 12.3. The molecule has 3 N–H and O–H groups in total. The predicted octanol–water partition coefficient (Wildman–Crippen LogP) is 3.10. The Morgan fingerprint density at radius 3 is 2.67 bits per heavy atom. The number of aryl methyl sites for hydroxylation is 2. The first-order valence-corrected chi connectivity index (χ1v) is 7.33. The fourth-order valence-electron chi connectivity index (χ4n) is 1.83. The standard InChI is InChI=1S/C16H20N4S/c1-12-6-7-14(11-13(12)2)20-16(21)19-10-9-18-15-5-3-4-8-17-15/h3-8,11H,9-10H2,1-2H3,(H,17,18)(H2,19,20,21). The van der Waals surface area contributed by atoms with Crippen molar-refractivity contribution in [3.05, 3.63) is 53.7 Å².